The molecule has 0 aromatic heterocycles. The minimum Gasteiger partial charge on any atom is -0.480 e. The number of carboxylic acid groups (broad SMARTS) is 1. The van der Waals surface area contributed by atoms with Gasteiger partial charge in [0, 0.05) is 13.0 Å². The van der Waals surface area contributed by atoms with Crippen molar-refractivity contribution in [1.29, 1.82) is 0 Å². The van der Waals surface area contributed by atoms with Gasteiger partial charge in [-0.15, -0.1) is 0 Å². The van der Waals surface area contributed by atoms with Crippen molar-refractivity contribution in [3.8, 4) is 11.1 Å². The Kier molecular flexibility index (Phi) is 5.91. The molecule has 2 aromatic carbocycles. The molecule has 2 aromatic rings. The average Bonchev–Trinajstić information content (AvgIpc) is 3.56. The third-order valence-electron chi connectivity index (χ3n) is 6.53. The first kappa shape index (κ1) is 21.9. The molecule has 7 nitrogen and oxygen atoms in total. The summed E-state index contributed by atoms with van der Waals surface area (Å²) in [6.07, 6.45) is 1.30. The number of likely N-dealkylation sites (N-methyl/N-ethyl adjacent to an activating group) is 1. The van der Waals surface area contributed by atoms with Crippen LogP contribution in [-0.4, -0.2) is 53.7 Å². The van der Waals surface area contributed by atoms with Gasteiger partial charge in [0.15, 0.2) is 0 Å². The van der Waals surface area contributed by atoms with Gasteiger partial charge in [-0.1, -0.05) is 48.5 Å². The molecule has 32 heavy (non-hydrogen) atoms. The number of nitrogens with one attached hydrogen (secondary N) is 1. The van der Waals surface area contributed by atoms with Crippen LogP contribution >= 0.6 is 0 Å². The maximum atomic E-state index is 12.7. The molecule has 0 radical (unpaired) electrons. The van der Waals surface area contributed by atoms with Crippen molar-refractivity contribution < 1.29 is 24.2 Å². The molecule has 2 amide bonds. The first-order valence-electron chi connectivity index (χ1n) is 10.9. The highest BCUT2D eigenvalue weighted by atomic mass is 16.5. The van der Waals surface area contributed by atoms with E-state index in [1.165, 1.54) is 11.9 Å². The van der Waals surface area contributed by atoms with E-state index in [1.54, 1.807) is 0 Å². The van der Waals surface area contributed by atoms with E-state index in [4.69, 9.17) is 9.84 Å². The van der Waals surface area contributed by atoms with Gasteiger partial charge >= 0.3 is 12.1 Å². The second kappa shape index (κ2) is 8.65. The number of fused-ring (bicyclic) bond motifs is 3. The van der Waals surface area contributed by atoms with E-state index in [9.17, 15) is 14.4 Å². The van der Waals surface area contributed by atoms with E-state index in [1.807, 2.05) is 31.2 Å². The average molecular weight is 437 g/mol. The van der Waals surface area contributed by atoms with Crippen molar-refractivity contribution in [2.45, 2.75) is 37.6 Å². The van der Waals surface area contributed by atoms with Gasteiger partial charge in [0.2, 0.25) is 5.91 Å². The maximum Gasteiger partial charge on any atom is 0.407 e. The third-order valence-corrected chi connectivity index (χ3v) is 6.53. The molecule has 4 rings (SSSR count). The van der Waals surface area contributed by atoms with Crippen LogP contribution in [0.3, 0.4) is 0 Å². The fourth-order valence-corrected chi connectivity index (χ4v) is 4.62. The molecule has 0 spiro atoms. The quantitative estimate of drug-likeness (QED) is 0.659. The number of amides is 2. The minimum absolute atomic E-state index is 0.0334. The molecule has 2 aliphatic carbocycles. The number of aliphatic carboxylic acids is 1. The molecule has 0 aliphatic heterocycles. The minimum atomic E-state index is -1.07. The number of hydrogen-bond acceptors (Lipinski definition) is 4. The lowest BCUT2D eigenvalue weighted by molar-refractivity contribution is -0.144. The van der Waals surface area contributed by atoms with E-state index in [0.29, 0.717) is 0 Å². The number of nitrogens with zero attached hydrogens (tertiary/aromatic N) is 1. The summed E-state index contributed by atoms with van der Waals surface area (Å²) in [4.78, 5) is 37.3. The Morgan fingerprint density at radius 3 is 2.16 bits per heavy atom. The monoisotopic (exact) mass is 436 g/mol. The first-order chi connectivity index (χ1) is 15.3. The SMILES string of the molecule is CN(CC(=O)O)C(=O)CC(C)(NC(=O)OCC1c2ccccc2-c2ccccc21)C1CC1. The third kappa shape index (κ3) is 4.47. The highest BCUT2D eigenvalue weighted by Gasteiger charge is 2.45. The largest absolute Gasteiger partial charge is 0.480 e. The zero-order valence-corrected chi connectivity index (χ0v) is 18.3. The van der Waals surface area contributed by atoms with Gasteiger partial charge in [0.05, 0.1) is 12.0 Å². The number of carboxylic acids is 1. The molecular weight excluding hydrogens is 408 g/mol. The molecule has 1 unspecified atom stereocenters. The van der Waals surface area contributed by atoms with Crippen LogP contribution in [0.5, 0.6) is 0 Å². The lowest BCUT2D eigenvalue weighted by Gasteiger charge is -2.31. The lowest BCUT2D eigenvalue weighted by atomic mass is 9.91. The molecule has 1 fully saturated rings. The molecule has 7 heteroatoms. The number of carbonyl (C=O) groups excluding carboxylic acids is 2. The van der Waals surface area contributed by atoms with Crippen LogP contribution in [0.25, 0.3) is 11.1 Å². The van der Waals surface area contributed by atoms with E-state index in [-0.39, 0.29) is 37.3 Å². The van der Waals surface area contributed by atoms with Gasteiger partial charge in [-0.2, -0.15) is 0 Å². The summed E-state index contributed by atoms with van der Waals surface area (Å²) in [7, 11) is 1.46. The predicted octanol–water partition coefficient (Wildman–Crippen LogP) is 3.63. The van der Waals surface area contributed by atoms with Crippen molar-refractivity contribution in [3.05, 3.63) is 59.7 Å². The van der Waals surface area contributed by atoms with Crippen LogP contribution in [0.2, 0.25) is 0 Å². The summed E-state index contributed by atoms with van der Waals surface area (Å²) in [5, 5.41) is 11.8. The van der Waals surface area contributed by atoms with Gasteiger partial charge in [0.25, 0.3) is 0 Å². The lowest BCUT2D eigenvalue weighted by Crippen LogP contribution is -2.51. The Morgan fingerprint density at radius 2 is 1.62 bits per heavy atom. The normalized spacial score (nSPS) is 16.4. The topological polar surface area (TPSA) is 95.9 Å². The van der Waals surface area contributed by atoms with Crippen molar-refractivity contribution in [1.82, 2.24) is 10.2 Å². The van der Waals surface area contributed by atoms with Crippen molar-refractivity contribution in [2.24, 2.45) is 5.92 Å². The number of rotatable bonds is 8. The van der Waals surface area contributed by atoms with Crippen LogP contribution in [-0.2, 0) is 14.3 Å². The molecule has 0 bridgehead atoms. The standard InChI is InChI=1S/C25H28N2O5/c1-25(16-11-12-16,13-22(28)27(2)14-23(29)30)26-24(31)32-15-21-19-9-5-3-7-17(19)18-8-4-6-10-20(18)21/h3-10,16,21H,11-15H2,1-2H3,(H,26,31)(H,29,30). The van der Waals surface area contributed by atoms with Crippen molar-refractivity contribution in [3.63, 3.8) is 0 Å². The fraction of sp³-hybridized carbons (Fsp3) is 0.400. The Bertz CT molecular complexity index is 1000. The smallest absolute Gasteiger partial charge is 0.407 e. The van der Waals surface area contributed by atoms with Crippen LogP contribution in [0.15, 0.2) is 48.5 Å². The number of carbonyl (C=O) groups is 3. The zero-order valence-electron chi connectivity index (χ0n) is 18.3. The first-order valence-corrected chi connectivity index (χ1v) is 10.9. The number of alkyl carbamates (subject to hydrolysis) is 1. The van der Waals surface area contributed by atoms with Gasteiger partial charge in [0.1, 0.15) is 13.2 Å². The highest BCUT2D eigenvalue weighted by Crippen LogP contribution is 2.45. The highest BCUT2D eigenvalue weighted by molar-refractivity contribution is 5.83. The zero-order chi connectivity index (χ0) is 22.9. The summed E-state index contributed by atoms with van der Waals surface area (Å²) in [6.45, 7) is 1.66. The molecule has 0 heterocycles. The Labute approximate surface area is 187 Å². The summed E-state index contributed by atoms with van der Waals surface area (Å²) in [5.41, 5.74) is 3.82. The van der Waals surface area contributed by atoms with Crippen LogP contribution in [0, 0.1) is 5.92 Å². The second-order valence-electron chi connectivity index (χ2n) is 8.96. The Hall–Kier alpha value is -3.35. The molecule has 0 saturated heterocycles. The van der Waals surface area contributed by atoms with E-state index >= 15 is 0 Å². The summed E-state index contributed by atoms with van der Waals surface area (Å²) >= 11 is 0. The van der Waals surface area contributed by atoms with E-state index < -0.39 is 17.6 Å². The second-order valence-corrected chi connectivity index (χ2v) is 8.96. The maximum absolute atomic E-state index is 12.7. The van der Waals surface area contributed by atoms with Gasteiger partial charge in [-0.3, -0.25) is 9.59 Å². The Balaban J connectivity index is 1.42. The summed E-state index contributed by atoms with van der Waals surface area (Å²) in [6, 6.07) is 16.3. The number of benzene rings is 2. The summed E-state index contributed by atoms with van der Waals surface area (Å²) in [5.74, 6) is -1.26. The van der Waals surface area contributed by atoms with Crippen molar-refractivity contribution >= 4 is 18.0 Å². The Morgan fingerprint density at radius 1 is 1.06 bits per heavy atom. The molecule has 168 valence electrons. The van der Waals surface area contributed by atoms with Crippen LogP contribution < -0.4 is 5.32 Å². The van der Waals surface area contributed by atoms with Gasteiger partial charge in [-0.05, 0) is 47.9 Å². The molecule has 1 atom stereocenters. The number of hydrogen-bond donors (Lipinski definition) is 2. The van der Waals surface area contributed by atoms with Crippen molar-refractivity contribution in [2.75, 3.05) is 20.2 Å². The number of ether oxygens (including phenoxy) is 1. The molecule has 2 aliphatic rings. The molecule has 2 N–H and O–H groups in total. The van der Waals surface area contributed by atoms with E-state index in [2.05, 4.69) is 29.6 Å². The van der Waals surface area contributed by atoms with Gasteiger partial charge in [-0.25, -0.2) is 4.79 Å². The van der Waals surface area contributed by atoms with Crippen LogP contribution in [0.4, 0.5) is 4.79 Å². The fourth-order valence-electron chi connectivity index (χ4n) is 4.62. The van der Waals surface area contributed by atoms with E-state index in [0.717, 1.165) is 35.1 Å². The molecular formula is C25H28N2O5. The predicted molar refractivity (Wildman–Crippen MR) is 119 cm³/mol. The van der Waals surface area contributed by atoms with Gasteiger partial charge < -0.3 is 20.1 Å². The molecule has 1 saturated carbocycles. The van der Waals surface area contributed by atoms with Crippen LogP contribution in [0.1, 0.15) is 43.2 Å². The summed E-state index contributed by atoms with van der Waals surface area (Å²) < 4.78 is 5.65.